The highest BCUT2D eigenvalue weighted by Gasteiger charge is 2.17. The maximum absolute atomic E-state index is 11.2. The van der Waals surface area contributed by atoms with Crippen LogP contribution in [-0.4, -0.2) is 28.7 Å². The standard InChI is InChI=1S/C9H10ClNO5S/c1-15-7-5-6(11-9(12)16-2)3-4-8(7)17(10,13)14/h3-5H,1-2H3,(H,11,12). The summed E-state index contributed by atoms with van der Waals surface area (Å²) in [5, 5.41) is 2.37. The van der Waals surface area contributed by atoms with E-state index in [4.69, 9.17) is 15.4 Å². The van der Waals surface area contributed by atoms with Crippen LogP contribution in [0.1, 0.15) is 0 Å². The highest BCUT2D eigenvalue weighted by Crippen LogP contribution is 2.29. The van der Waals surface area contributed by atoms with Crippen molar-refractivity contribution in [3.8, 4) is 5.75 Å². The molecule has 0 aliphatic carbocycles. The van der Waals surface area contributed by atoms with Crippen LogP contribution in [0.2, 0.25) is 0 Å². The average molecular weight is 280 g/mol. The third kappa shape index (κ3) is 3.50. The van der Waals surface area contributed by atoms with Gasteiger partial charge < -0.3 is 9.47 Å². The fourth-order valence-corrected chi connectivity index (χ4v) is 2.11. The number of hydrogen-bond donors (Lipinski definition) is 1. The molecule has 0 saturated heterocycles. The third-order valence-electron chi connectivity index (χ3n) is 1.86. The number of methoxy groups -OCH3 is 2. The van der Waals surface area contributed by atoms with Crippen molar-refractivity contribution in [1.82, 2.24) is 0 Å². The molecule has 8 heteroatoms. The van der Waals surface area contributed by atoms with Gasteiger partial charge in [0, 0.05) is 22.4 Å². The molecule has 0 unspecified atom stereocenters. The minimum Gasteiger partial charge on any atom is -0.495 e. The maximum Gasteiger partial charge on any atom is 0.411 e. The topological polar surface area (TPSA) is 81.7 Å². The van der Waals surface area contributed by atoms with Crippen molar-refractivity contribution in [3.63, 3.8) is 0 Å². The van der Waals surface area contributed by atoms with E-state index in [1.807, 2.05) is 0 Å². The summed E-state index contributed by atoms with van der Waals surface area (Å²) in [5.41, 5.74) is 0.331. The fraction of sp³-hybridized carbons (Fsp3) is 0.222. The summed E-state index contributed by atoms with van der Waals surface area (Å²) >= 11 is 0. The predicted molar refractivity (Wildman–Crippen MR) is 62.1 cm³/mol. The van der Waals surface area contributed by atoms with E-state index in [1.54, 1.807) is 0 Å². The van der Waals surface area contributed by atoms with Crippen LogP contribution in [0.25, 0.3) is 0 Å². The van der Waals surface area contributed by atoms with Gasteiger partial charge in [0.25, 0.3) is 9.05 Å². The Bertz CT molecular complexity index is 528. The summed E-state index contributed by atoms with van der Waals surface area (Å²) in [6.45, 7) is 0. The Hall–Kier alpha value is -1.47. The van der Waals surface area contributed by atoms with Gasteiger partial charge in [-0.1, -0.05) is 0 Å². The molecule has 0 spiro atoms. The Morgan fingerprint density at radius 1 is 1.35 bits per heavy atom. The largest absolute Gasteiger partial charge is 0.495 e. The highest BCUT2D eigenvalue weighted by atomic mass is 35.7. The van der Waals surface area contributed by atoms with Gasteiger partial charge in [0.15, 0.2) is 0 Å². The lowest BCUT2D eigenvalue weighted by molar-refractivity contribution is 0.187. The van der Waals surface area contributed by atoms with Crippen molar-refractivity contribution in [1.29, 1.82) is 0 Å². The zero-order chi connectivity index (χ0) is 13.1. The van der Waals surface area contributed by atoms with Crippen LogP contribution in [0.4, 0.5) is 10.5 Å². The van der Waals surface area contributed by atoms with Gasteiger partial charge in [-0.3, -0.25) is 5.32 Å². The monoisotopic (exact) mass is 279 g/mol. The number of halogens is 1. The van der Waals surface area contributed by atoms with Crippen LogP contribution in [0, 0.1) is 0 Å². The molecular weight excluding hydrogens is 270 g/mol. The highest BCUT2D eigenvalue weighted by molar-refractivity contribution is 8.13. The summed E-state index contributed by atoms with van der Waals surface area (Å²) in [6, 6.07) is 3.92. The second kappa shape index (κ2) is 5.24. The van der Waals surface area contributed by atoms with E-state index in [2.05, 4.69) is 10.1 Å². The molecule has 0 aromatic heterocycles. The van der Waals surface area contributed by atoms with Crippen molar-refractivity contribution in [2.75, 3.05) is 19.5 Å². The molecule has 0 radical (unpaired) electrons. The van der Waals surface area contributed by atoms with Crippen LogP contribution in [0.3, 0.4) is 0 Å². The Morgan fingerprint density at radius 3 is 2.47 bits per heavy atom. The Balaban J connectivity index is 3.14. The number of rotatable bonds is 3. The Morgan fingerprint density at radius 2 is 2.00 bits per heavy atom. The zero-order valence-electron chi connectivity index (χ0n) is 9.06. The van der Waals surface area contributed by atoms with Gasteiger partial charge in [-0.25, -0.2) is 13.2 Å². The molecule has 0 heterocycles. The molecule has 1 rings (SSSR count). The van der Waals surface area contributed by atoms with E-state index in [-0.39, 0.29) is 10.6 Å². The molecule has 0 aliphatic rings. The molecule has 6 nitrogen and oxygen atoms in total. The van der Waals surface area contributed by atoms with Gasteiger partial charge in [0.1, 0.15) is 10.6 Å². The first kappa shape index (κ1) is 13.6. The summed E-state index contributed by atoms with van der Waals surface area (Å²) in [4.78, 5) is 10.8. The summed E-state index contributed by atoms with van der Waals surface area (Å²) in [6.07, 6.45) is -0.673. The molecule has 0 atom stereocenters. The molecule has 0 fully saturated rings. The zero-order valence-corrected chi connectivity index (χ0v) is 10.6. The third-order valence-corrected chi connectivity index (χ3v) is 3.22. The van der Waals surface area contributed by atoms with Gasteiger partial charge in [-0.05, 0) is 12.1 Å². The van der Waals surface area contributed by atoms with E-state index in [0.717, 1.165) is 0 Å². The first-order valence-corrected chi connectivity index (χ1v) is 6.67. The number of ether oxygens (including phenoxy) is 2. The van der Waals surface area contributed by atoms with Gasteiger partial charge in [-0.15, -0.1) is 0 Å². The number of nitrogens with one attached hydrogen (secondary N) is 1. The second-order valence-electron chi connectivity index (χ2n) is 2.92. The lowest BCUT2D eigenvalue weighted by atomic mass is 10.3. The van der Waals surface area contributed by atoms with E-state index < -0.39 is 15.1 Å². The summed E-state index contributed by atoms with van der Waals surface area (Å²) in [5.74, 6) is 0.0360. The molecule has 17 heavy (non-hydrogen) atoms. The van der Waals surface area contributed by atoms with Gasteiger partial charge in [-0.2, -0.15) is 0 Å². The Kier molecular flexibility index (Phi) is 4.19. The van der Waals surface area contributed by atoms with Crippen LogP contribution < -0.4 is 10.1 Å². The van der Waals surface area contributed by atoms with Gasteiger partial charge in [0.05, 0.1) is 14.2 Å². The number of carbonyl (C=O) groups is 1. The lowest BCUT2D eigenvalue weighted by Crippen LogP contribution is -2.11. The molecule has 0 bridgehead atoms. The number of amides is 1. The number of benzene rings is 1. The molecule has 94 valence electrons. The van der Waals surface area contributed by atoms with E-state index in [1.165, 1.54) is 32.4 Å². The van der Waals surface area contributed by atoms with Crippen molar-refractivity contribution in [2.45, 2.75) is 4.90 Å². The van der Waals surface area contributed by atoms with Crippen molar-refractivity contribution in [2.24, 2.45) is 0 Å². The van der Waals surface area contributed by atoms with E-state index in [0.29, 0.717) is 5.69 Å². The maximum atomic E-state index is 11.2. The minimum absolute atomic E-state index is 0.0360. The SMILES string of the molecule is COC(=O)Nc1ccc(S(=O)(=O)Cl)c(OC)c1. The summed E-state index contributed by atoms with van der Waals surface area (Å²) < 4.78 is 31.6. The fourth-order valence-electron chi connectivity index (χ4n) is 1.12. The Labute approximate surface area is 103 Å². The molecular formula is C9H10ClNO5S. The van der Waals surface area contributed by atoms with Crippen molar-refractivity contribution < 1.29 is 22.7 Å². The lowest BCUT2D eigenvalue weighted by Gasteiger charge is -2.08. The molecule has 0 aliphatic heterocycles. The van der Waals surface area contributed by atoms with Gasteiger partial charge in [0.2, 0.25) is 0 Å². The van der Waals surface area contributed by atoms with Crippen LogP contribution in [0.5, 0.6) is 5.75 Å². The number of carbonyl (C=O) groups excluding carboxylic acids is 1. The van der Waals surface area contributed by atoms with Crippen LogP contribution >= 0.6 is 10.7 Å². The summed E-state index contributed by atoms with van der Waals surface area (Å²) in [7, 11) is 3.82. The minimum atomic E-state index is -3.89. The first-order chi connectivity index (χ1) is 7.88. The van der Waals surface area contributed by atoms with Crippen LogP contribution in [0.15, 0.2) is 23.1 Å². The first-order valence-electron chi connectivity index (χ1n) is 4.36. The molecule has 1 aromatic carbocycles. The van der Waals surface area contributed by atoms with E-state index >= 15 is 0 Å². The smallest absolute Gasteiger partial charge is 0.411 e. The normalized spacial score (nSPS) is 10.8. The molecule has 1 N–H and O–H groups in total. The van der Waals surface area contributed by atoms with Gasteiger partial charge >= 0.3 is 6.09 Å². The molecule has 1 amide bonds. The number of hydrogen-bond acceptors (Lipinski definition) is 5. The number of anilines is 1. The van der Waals surface area contributed by atoms with Crippen molar-refractivity contribution >= 4 is 31.5 Å². The quantitative estimate of drug-likeness (QED) is 0.853. The predicted octanol–water partition coefficient (Wildman–Crippen LogP) is 1.80. The second-order valence-corrected chi connectivity index (χ2v) is 5.45. The van der Waals surface area contributed by atoms with Crippen LogP contribution in [-0.2, 0) is 13.8 Å². The average Bonchev–Trinajstić information content (AvgIpc) is 2.27. The van der Waals surface area contributed by atoms with E-state index in [9.17, 15) is 13.2 Å². The molecule has 0 saturated carbocycles. The van der Waals surface area contributed by atoms with Crippen molar-refractivity contribution in [3.05, 3.63) is 18.2 Å². The molecule has 1 aromatic rings.